The van der Waals surface area contributed by atoms with E-state index in [9.17, 15) is 14.7 Å². The van der Waals surface area contributed by atoms with Gasteiger partial charge >= 0.3 is 5.97 Å². The van der Waals surface area contributed by atoms with E-state index in [1.165, 1.54) is 0 Å². The fourth-order valence-corrected chi connectivity index (χ4v) is 4.67. The molecule has 146 valence electrons. The summed E-state index contributed by atoms with van der Waals surface area (Å²) in [7, 11) is 0. The number of hydrogen-bond donors (Lipinski definition) is 1. The fraction of sp³-hybridized carbons (Fsp3) is 0.160. The first-order chi connectivity index (χ1) is 14.5. The molecule has 1 aliphatic carbocycles. The standard InChI is InChI=1S/C25H18N2O3/c1-26-19-11-9-17(10-12-19)21-14-25(21)20-7-2-3-8-22(20)27(24(25)30)15-16-5-4-6-18(13-16)23(28)29/h2-13,21H,14-15H2,(H,28,29)/t21-,25-/m1/s1. The van der Waals surface area contributed by atoms with Crippen molar-refractivity contribution in [1.29, 1.82) is 0 Å². The molecule has 1 amide bonds. The van der Waals surface area contributed by atoms with Gasteiger partial charge in [0.25, 0.3) is 0 Å². The van der Waals surface area contributed by atoms with Crippen LogP contribution in [0.5, 0.6) is 0 Å². The molecule has 0 aromatic heterocycles. The molecule has 0 saturated heterocycles. The van der Waals surface area contributed by atoms with Crippen LogP contribution in [0.25, 0.3) is 4.85 Å². The monoisotopic (exact) mass is 394 g/mol. The third-order valence-corrected chi connectivity index (χ3v) is 6.20. The summed E-state index contributed by atoms with van der Waals surface area (Å²) in [6.07, 6.45) is 0.742. The Bertz CT molecular complexity index is 1230. The summed E-state index contributed by atoms with van der Waals surface area (Å²) in [4.78, 5) is 30.2. The molecule has 1 N–H and O–H groups in total. The Balaban J connectivity index is 1.50. The highest BCUT2D eigenvalue weighted by atomic mass is 16.4. The van der Waals surface area contributed by atoms with Crippen LogP contribution in [-0.4, -0.2) is 17.0 Å². The average Bonchev–Trinajstić information content (AvgIpc) is 3.49. The van der Waals surface area contributed by atoms with E-state index in [0.29, 0.717) is 12.2 Å². The van der Waals surface area contributed by atoms with Crippen LogP contribution in [0.15, 0.2) is 72.8 Å². The number of hydrogen-bond acceptors (Lipinski definition) is 2. The van der Waals surface area contributed by atoms with Gasteiger partial charge in [0.15, 0.2) is 5.69 Å². The van der Waals surface area contributed by atoms with E-state index in [-0.39, 0.29) is 17.4 Å². The highest BCUT2D eigenvalue weighted by Crippen LogP contribution is 2.66. The lowest BCUT2D eigenvalue weighted by Gasteiger charge is -2.19. The number of fused-ring (bicyclic) bond motifs is 2. The number of benzene rings is 3. The lowest BCUT2D eigenvalue weighted by Crippen LogP contribution is -2.32. The number of aromatic carboxylic acids is 1. The number of nitrogens with zero attached hydrogens (tertiary/aromatic N) is 2. The quantitative estimate of drug-likeness (QED) is 0.640. The smallest absolute Gasteiger partial charge is 0.335 e. The van der Waals surface area contributed by atoms with Crippen molar-refractivity contribution in [1.82, 2.24) is 0 Å². The SMILES string of the molecule is [C-]#[N+]c1ccc([C@H]2C[C@]23C(=O)N(Cc2cccc(C(=O)O)c2)c2ccccc23)cc1. The summed E-state index contributed by atoms with van der Waals surface area (Å²) in [5.41, 5.74) is 4.01. The molecule has 5 rings (SSSR count). The van der Waals surface area contributed by atoms with Gasteiger partial charge in [-0.2, -0.15) is 0 Å². The number of amides is 1. The van der Waals surface area contributed by atoms with Gasteiger partial charge in [-0.3, -0.25) is 4.79 Å². The first-order valence-corrected chi connectivity index (χ1v) is 9.76. The van der Waals surface area contributed by atoms with E-state index >= 15 is 0 Å². The minimum atomic E-state index is -0.980. The first kappa shape index (κ1) is 18.1. The molecule has 1 heterocycles. The first-order valence-electron chi connectivity index (χ1n) is 9.76. The van der Waals surface area contributed by atoms with Gasteiger partial charge < -0.3 is 10.0 Å². The van der Waals surface area contributed by atoms with Gasteiger partial charge in [0.05, 0.1) is 24.1 Å². The molecule has 1 saturated carbocycles. The van der Waals surface area contributed by atoms with Crippen molar-refractivity contribution in [2.45, 2.75) is 24.3 Å². The number of para-hydroxylation sites is 1. The van der Waals surface area contributed by atoms with Crippen molar-refractivity contribution < 1.29 is 14.7 Å². The largest absolute Gasteiger partial charge is 0.478 e. The van der Waals surface area contributed by atoms with Crippen LogP contribution in [0, 0.1) is 6.57 Å². The second-order valence-corrected chi connectivity index (χ2v) is 7.85. The maximum atomic E-state index is 13.6. The Kier molecular flexibility index (Phi) is 3.97. The van der Waals surface area contributed by atoms with Gasteiger partial charge in [-0.25, -0.2) is 9.64 Å². The summed E-state index contributed by atoms with van der Waals surface area (Å²) >= 11 is 0. The molecule has 0 unspecified atom stereocenters. The molecular formula is C25H18N2O3. The molecule has 0 bridgehead atoms. The second kappa shape index (κ2) is 6.57. The number of carbonyl (C=O) groups is 2. The highest BCUT2D eigenvalue weighted by Gasteiger charge is 2.66. The molecule has 5 heteroatoms. The maximum Gasteiger partial charge on any atom is 0.335 e. The van der Waals surface area contributed by atoms with Crippen LogP contribution in [0.3, 0.4) is 0 Å². The van der Waals surface area contributed by atoms with Crippen molar-refractivity contribution in [3.8, 4) is 0 Å². The van der Waals surface area contributed by atoms with Crippen molar-refractivity contribution in [2.24, 2.45) is 0 Å². The second-order valence-electron chi connectivity index (χ2n) is 7.85. The predicted octanol–water partition coefficient (Wildman–Crippen LogP) is 4.91. The Morgan fingerprint density at radius 3 is 2.60 bits per heavy atom. The number of carboxylic acids is 1. The Labute approximate surface area is 174 Å². The number of carbonyl (C=O) groups excluding carboxylic acids is 1. The lowest BCUT2D eigenvalue weighted by atomic mass is 9.92. The van der Waals surface area contributed by atoms with Gasteiger partial charge in [0, 0.05) is 11.6 Å². The topological polar surface area (TPSA) is 62.0 Å². The highest BCUT2D eigenvalue weighted by molar-refractivity contribution is 6.11. The summed E-state index contributed by atoms with van der Waals surface area (Å²) in [6.45, 7) is 7.46. The van der Waals surface area contributed by atoms with Crippen molar-refractivity contribution in [3.63, 3.8) is 0 Å². The number of anilines is 1. The number of rotatable bonds is 4. The molecule has 2 aliphatic rings. The van der Waals surface area contributed by atoms with Gasteiger partial charge in [-0.1, -0.05) is 54.6 Å². The van der Waals surface area contributed by atoms with Gasteiger partial charge in [-0.15, -0.1) is 0 Å². The number of carboxylic acid groups (broad SMARTS) is 1. The van der Waals surface area contributed by atoms with Crippen LogP contribution < -0.4 is 4.90 Å². The predicted molar refractivity (Wildman–Crippen MR) is 113 cm³/mol. The van der Waals surface area contributed by atoms with Crippen LogP contribution in [0.2, 0.25) is 0 Å². The molecule has 1 fully saturated rings. The molecule has 30 heavy (non-hydrogen) atoms. The Hall–Kier alpha value is -3.91. The summed E-state index contributed by atoms with van der Waals surface area (Å²) in [6, 6.07) is 22.1. The van der Waals surface area contributed by atoms with Crippen LogP contribution in [0.4, 0.5) is 11.4 Å². The zero-order valence-electron chi connectivity index (χ0n) is 16.1. The molecule has 3 aromatic carbocycles. The molecule has 5 nitrogen and oxygen atoms in total. The molecule has 1 aliphatic heterocycles. The van der Waals surface area contributed by atoms with E-state index in [4.69, 9.17) is 6.57 Å². The third kappa shape index (κ3) is 2.61. The summed E-state index contributed by atoms with van der Waals surface area (Å²) < 4.78 is 0. The van der Waals surface area contributed by atoms with E-state index in [1.54, 1.807) is 35.2 Å². The van der Waals surface area contributed by atoms with Crippen LogP contribution in [-0.2, 0) is 16.8 Å². The van der Waals surface area contributed by atoms with Gasteiger partial charge in [0.2, 0.25) is 5.91 Å². The average molecular weight is 394 g/mol. The Morgan fingerprint density at radius 2 is 1.87 bits per heavy atom. The molecule has 2 atom stereocenters. The van der Waals surface area contributed by atoms with Gasteiger partial charge in [-0.05, 0) is 41.3 Å². The zero-order chi connectivity index (χ0) is 20.9. The molecule has 0 radical (unpaired) electrons. The maximum absolute atomic E-state index is 13.6. The molecule has 3 aromatic rings. The normalized spacial score (nSPS) is 21.4. The van der Waals surface area contributed by atoms with Crippen molar-refractivity contribution in [3.05, 3.63) is 106 Å². The van der Waals surface area contributed by atoms with Crippen LogP contribution >= 0.6 is 0 Å². The third-order valence-electron chi connectivity index (χ3n) is 6.20. The van der Waals surface area contributed by atoms with Gasteiger partial charge in [0.1, 0.15) is 0 Å². The molecule has 1 spiro atoms. The zero-order valence-corrected chi connectivity index (χ0v) is 16.1. The van der Waals surface area contributed by atoms with E-state index in [1.807, 2.05) is 42.5 Å². The molecular weight excluding hydrogens is 376 g/mol. The minimum absolute atomic E-state index is 0.0590. The fourth-order valence-electron chi connectivity index (χ4n) is 4.67. The van der Waals surface area contributed by atoms with Crippen molar-refractivity contribution in [2.75, 3.05) is 4.90 Å². The van der Waals surface area contributed by atoms with Crippen LogP contribution in [0.1, 0.15) is 39.4 Å². The lowest BCUT2D eigenvalue weighted by molar-refractivity contribution is -0.120. The van der Waals surface area contributed by atoms with Crippen molar-refractivity contribution >= 4 is 23.3 Å². The van der Waals surface area contributed by atoms with E-state index in [0.717, 1.165) is 28.8 Å². The van der Waals surface area contributed by atoms with E-state index < -0.39 is 11.4 Å². The van der Waals surface area contributed by atoms with E-state index in [2.05, 4.69) is 4.85 Å². The summed E-state index contributed by atoms with van der Waals surface area (Å²) in [5.74, 6) is -0.837. The summed E-state index contributed by atoms with van der Waals surface area (Å²) in [5, 5.41) is 9.27. The minimum Gasteiger partial charge on any atom is -0.478 e. The Morgan fingerprint density at radius 1 is 1.10 bits per heavy atom.